The topological polar surface area (TPSA) is 120 Å². The van der Waals surface area contributed by atoms with Crippen LogP contribution in [0.4, 0.5) is 0 Å². The molecule has 4 saturated carbocycles. The highest BCUT2D eigenvalue weighted by atomic mass is 35.5. The van der Waals surface area contributed by atoms with Crippen LogP contribution in [-0.4, -0.2) is 39.1 Å². The van der Waals surface area contributed by atoms with Crippen molar-refractivity contribution in [1.82, 2.24) is 10.2 Å². The van der Waals surface area contributed by atoms with Crippen molar-refractivity contribution in [2.45, 2.75) is 138 Å². The van der Waals surface area contributed by atoms with Gasteiger partial charge in [-0.05, 0) is 128 Å². The Kier molecular flexibility index (Phi) is 9.21. The summed E-state index contributed by atoms with van der Waals surface area (Å²) in [6.45, 7) is 19.5. The third-order valence-corrected chi connectivity index (χ3v) is 16.4. The van der Waals surface area contributed by atoms with E-state index in [0.717, 1.165) is 56.9 Å². The Morgan fingerprint density at radius 2 is 1.62 bits per heavy atom. The van der Waals surface area contributed by atoms with E-state index in [9.17, 15) is 19.5 Å². The molecule has 0 amide bonds. The van der Waals surface area contributed by atoms with Crippen LogP contribution >= 0.6 is 23.2 Å². The number of hydrogen-bond acceptors (Lipinski definition) is 7. The average Bonchev–Trinajstić information content (AvgIpc) is 3.66. The monoisotopic (exact) mass is 766 g/mol. The molecule has 0 spiro atoms. The number of ketones is 1. The van der Waals surface area contributed by atoms with Crippen LogP contribution in [0.3, 0.4) is 0 Å². The number of Topliss-reactive ketones (excluding diaryl/α,β-unsaturated/α-hetero) is 1. The average molecular weight is 768 g/mol. The molecule has 0 saturated heterocycles. The molecule has 2 aromatic rings. The Morgan fingerprint density at radius 1 is 0.943 bits per heavy atom. The highest BCUT2D eigenvalue weighted by molar-refractivity contribution is 6.38. The summed E-state index contributed by atoms with van der Waals surface area (Å²) in [7, 11) is 0. The van der Waals surface area contributed by atoms with E-state index in [1.54, 1.807) is 32.0 Å². The van der Waals surface area contributed by atoms with Gasteiger partial charge in [0, 0.05) is 11.8 Å². The van der Waals surface area contributed by atoms with Crippen molar-refractivity contribution in [2.24, 2.45) is 50.7 Å². The van der Waals surface area contributed by atoms with E-state index in [0.29, 0.717) is 39.8 Å². The number of allylic oxidation sites excluding steroid dienone is 2. The van der Waals surface area contributed by atoms with Crippen molar-refractivity contribution in [1.29, 1.82) is 0 Å². The van der Waals surface area contributed by atoms with Gasteiger partial charge >= 0.3 is 11.9 Å². The Hall–Kier alpha value is -2.71. The van der Waals surface area contributed by atoms with Crippen LogP contribution in [0.2, 0.25) is 10.0 Å². The van der Waals surface area contributed by atoms with E-state index in [2.05, 4.69) is 58.7 Å². The number of carbonyl (C=O) groups is 3. The maximum atomic E-state index is 14.2. The summed E-state index contributed by atoms with van der Waals surface area (Å²) in [5.74, 6) is 0.616. The number of ether oxygens (including phenoxy) is 1. The van der Waals surface area contributed by atoms with Crippen molar-refractivity contribution >= 4 is 40.9 Å². The van der Waals surface area contributed by atoms with E-state index in [1.807, 2.05) is 0 Å². The maximum Gasteiger partial charge on any atom is 0.309 e. The number of aliphatic carboxylic acids is 1. The van der Waals surface area contributed by atoms with Gasteiger partial charge in [-0.2, -0.15) is 0 Å². The SMILES string of the molecule is CC(C)C1=C2[C@H]3CC[C@@H]4[C@@]5(C)CC[C@H](OC(=O)CC(C)(C)C(=O)O)C(C)(C)[C@@H]5CC[C@@]4(C)[C@]3(C)CC[C@@]2(c2nnc(-c3c(Cl)cccc3Cl)o2)CC1=O. The Bertz CT molecular complexity index is 1880. The van der Waals surface area contributed by atoms with E-state index < -0.39 is 22.8 Å². The zero-order chi connectivity index (χ0) is 38.7. The summed E-state index contributed by atoms with van der Waals surface area (Å²) in [6.07, 6.45) is 7.50. The number of fused-ring (bicyclic) bond motifs is 7. The van der Waals surface area contributed by atoms with Gasteiger partial charge in [-0.25, -0.2) is 0 Å². The van der Waals surface area contributed by atoms with Gasteiger partial charge < -0.3 is 14.3 Å². The molecule has 4 fully saturated rings. The number of carbonyl (C=O) groups excluding carboxylic acids is 2. The van der Waals surface area contributed by atoms with Gasteiger partial charge in [0.15, 0.2) is 5.78 Å². The fraction of sp³-hybridized carbons (Fsp3) is 0.698. The standard InChI is InChI=1S/C43H56Cl2N2O6/c1-23(2)32-27(48)21-43(36-47-46-35(53-36)33-25(44)11-10-12-26(33)45)20-19-41(8)24(34(32)43)13-14-29-40(7)17-16-30(52-31(49)22-38(3,4)37(50)51)39(5,6)28(40)15-18-42(29,41)9/h10-12,23-24,28-30H,13-22H2,1-9H3,(H,50,51)/t24-,28+,29-,30+,40+,41-,42-,43-/m1/s1. The molecule has 8 nitrogen and oxygen atoms in total. The minimum Gasteiger partial charge on any atom is -0.481 e. The second-order valence-electron chi connectivity index (χ2n) is 19.5. The molecule has 1 N–H and O–H groups in total. The summed E-state index contributed by atoms with van der Waals surface area (Å²) < 4.78 is 12.7. The number of nitrogens with zero attached hydrogens (tertiary/aromatic N) is 2. The van der Waals surface area contributed by atoms with E-state index in [1.165, 1.54) is 5.57 Å². The minimum atomic E-state index is -1.17. The fourth-order valence-electron chi connectivity index (χ4n) is 12.9. The molecule has 5 aliphatic rings. The first kappa shape index (κ1) is 38.6. The van der Waals surface area contributed by atoms with E-state index >= 15 is 0 Å². The highest BCUT2D eigenvalue weighted by Crippen LogP contribution is 2.77. The largest absolute Gasteiger partial charge is 0.481 e. The first-order chi connectivity index (χ1) is 24.6. The van der Waals surface area contributed by atoms with Crippen LogP contribution in [0.15, 0.2) is 33.8 Å². The molecule has 5 aliphatic carbocycles. The quantitative estimate of drug-likeness (QED) is 0.277. The number of carboxylic acid groups (broad SMARTS) is 1. The molecule has 7 rings (SSSR count). The highest BCUT2D eigenvalue weighted by Gasteiger charge is 2.71. The fourth-order valence-corrected chi connectivity index (χ4v) is 13.5. The van der Waals surface area contributed by atoms with Crippen molar-refractivity contribution < 1.29 is 28.6 Å². The molecule has 0 unspecified atom stereocenters. The predicted octanol–water partition coefficient (Wildman–Crippen LogP) is 10.7. The number of benzene rings is 1. The number of halogens is 2. The van der Waals surface area contributed by atoms with Crippen LogP contribution in [0, 0.1) is 50.7 Å². The van der Waals surface area contributed by atoms with E-state index in [-0.39, 0.29) is 57.7 Å². The second kappa shape index (κ2) is 12.7. The zero-order valence-electron chi connectivity index (χ0n) is 32.8. The minimum absolute atomic E-state index is 0.0181. The molecule has 0 bridgehead atoms. The first-order valence-corrected chi connectivity index (χ1v) is 20.4. The van der Waals surface area contributed by atoms with E-state index in [4.69, 9.17) is 32.4 Å². The lowest BCUT2D eigenvalue weighted by molar-refractivity contribution is -0.232. The van der Waals surface area contributed by atoms with Crippen molar-refractivity contribution in [2.75, 3.05) is 0 Å². The van der Waals surface area contributed by atoms with Gasteiger partial charge in [0.25, 0.3) is 5.89 Å². The lowest BCUT2D eigenvalue weighted by atomic mass is 9.33. The van der Waals surface area contributed by atoms with Crippen molar-refractivity contribution in [3.8, 4) is 11.5 Å². The molecular formula is C43H56Cl2N2O6. The molecule has 1 heterocycles. The first-order valence-electron chi connectivity index (χ1n) is 19.6. The second-order valence-corrected chi connectivity index (χ2v) is 20.3. The van der Waals surface area contributed by atoms with Crippen LogP contribution < -0.4 is 0 Å². The summed E-state index contributed by atoms with van der Waals surface area (Å²) in [5, 5.41) is 19.6. The third kappa shape index (κ3) is 5.52. The lowest BCUT2D eigenvalue weighted by Gasteiger charge is -2.72. The van der Waals surface area contributed by atoms with Crippen molar-refractivity contribution in [3.05, 3.63) is 45.3 Å². The van der Waals surface area contributed by atoms with Gasteiger partial charge in [-0.15, -0.1) is 10.2 Å². The Morgan fingerprint density at radius 3 is 2.26 bits per heavy atom. The van der Waals surface area contributed by atoms with Crippen molar-refractivity contribution in [3.63, 3.8) is 0 Å². The summed E-state index contributed by atoms with van der Waals surface area (Å²) in [4.78, 5) is 39.0. The number of aromatic nitrogens is 2. The lowest BCUT2D eigenvalue weighted by Crippen LogP contribution is -2.66. The number of hydrogen-bond donors (Lipinski definition) is 1. The van der Waals surface area contributed by atoms with Gasteiger partial charge in [-0.3, -0.25) is 14.4 Å². The molecule has 1 aromatic heterocycles. The molecule has 10 heteroatoms. The number of carboxylic acids is 1. The van der Waals surface area contributed by atoms with Crippen LogP contribution in [0.5, 0.6) is 0 Å². The summed E-state index contributed by atoms with van der Waals surface area (Å²) in [5.41, 5.74) is 0.617. The zero-order valence-corrected chi connectivity index (χ0v) is 34.3. The Balaban J connectivity index is 1.22. The summed E-state index contributed by atoms with van der Waals surface area (Å²) in [6, 6.07) is 5.31. The normalized spacial score (nSPS) is 36.4. The number of rotatable bonds is 7. The van der Waals surface area contributed by atoms with Gasteiger partial charge in [0.2, 0.25) is 5.89 Å². The third-order valence-electron chi connectivity index (χ3n) is 15.8. The molecule has 8 atom stereocenters. The van der Waals surface area contributed by atoms with Gasteiger partial charge in [0.05, 0.1) is 32.9 Å². The van der Waals surface area contributed by atoms with Crippen LogP contribution in [-0.2, 0) is 24.5 Å². The number of esters is 1. The maximum absolute atomic E-state index is 14.2. The van der Waals surface area contributed by atoms with Gasteiger partial charge in [-0.1, -0.05) is 77.7 Å². The molecule has 53 heavy (non-hydrogen) atoms. The van der Waals surface area contributed by atoms with Crippen LogP contribution in [0.25, 0.3) is 11.5 Å². The van der Waals surface area contributed by atoms with Gasteiger partial charge in [0.1, 0.15) is 6.10 Å². The molecule has 0 aliphatic heterocycles. The predicted molar refractivity (Wildman–Crippen MR) is 204 cm³/mol. The van der Waals surface area contributed by atoms with Crippen LogP contribution in [0.1, 0.15) is 132 Å². The smallest absolute Gasteiger partial charge is 0.309 e. The molecule has 0 radical (unpaired) electrons. The molecule has 1 aromatic carbocycles. The Labute approximate surface area is 324 Å². The molecular weight excluding hydrogens is 711 g/mol. The summed E-state index contributed by atoms with van der Waals surface area (Å²) >= 11 is 13.1. The molecule has 288 valence electrons.